The lowest BCUT2D eigenvalue weighted by molar-refractivity contribution is 0.0990. The van der Waals surface area contributed by atoms with Gasteiger partial charge in [0.2, 0.25) is 0 Å². The van der Waals surface area contributed by atoms with Gasteiger partial charge in [-0.1, -0.05) is 26.0 Å². The number of hydrogen-bond donors (Lipinski definition) is 1. The molecule has 0 heterocycles. The van der Waals surface area contributed by atoms with E-state index in [2.05, 4.69) is 19.2 Å². The van der Waals surface area contributed by atoms with Gasteiger partial charge < -0.3 is 10.1 Å². The molecule has 0 saturated carbocycles. The largest absolute Gasteiger partial charge is 0.496 e. The van der Waals surface area contributed by atoms with Gasteiger partial charge >= 0.3 is 0 Å². The molecule has 3 nitrogen and oxygen atoms in total. The summed E-state index contributed by atoms with van der Waals surface area (Å²) in [7, 11) is 3.39. The van der Waals surface area contributed by atoms with Crippen molar-refractivity contribution in [1.29, 1.82) is 0 Å². The molecule has 0 unspecified atom stereocenters. The van der Waals surface area contributed by atoms with E-state index in [0.717, 1.165) is 16.9 Å². The van der Waals surface area contributed by atoms with Gasteiger partial charge in [-0.3, -0.25) is 4.79 Å². The van der Waals surface area contributed by atoms with Crippen LogP contribution in [0.15, 0.2) is 12.1 Å². The van der Waals surface area contributed by atoms with Crippen LogP contribution in [-0.2, 0) is 0 Å². The third-order valence-corrected chi connectivity index (χ3v) is 2.84. The summed E-state index contributed by atoms with van der Waals surface area (Å²) in [6.45, 7) is 6.47. The molecular weight excluding hydrogens is 214 g/mol. The van der Waals surface area contributed by atoms with Crippen molar-refractivity contribution in [1.82, 2.24) is 5.32 Å². The van der Waals surface area contributed by atoms with Crippen LogP contribution in [0, 0.1) is 6.92 Å². The lowest BCUT2D eigenvalue weighted by Crippen LogP contribution is -2.20. The number of hydrogen-bond acceptors (Lipinski definition) is 3. The van der Waals surface area contributed by atoms with Crippen molar-refractivity contribution < 1.29 is 9.53 Å². The fourth-order valence-electron chi connectivity index (χ4n) is 1.97. The first-order chi connectivity index (χ1) is 8.02. The molecule has 0 saturated heterocycles. The highest BCUT2D eigenvalue weighted by Gasteiger charge is 2.19. The summed E-state index contributed by atoms with van der Waals surface area (Å²) >= 11 is 0. The zero-order valence-electron chi connectivity index (χ0n) is 11.3. The van der Waals surface area contributed by atoms with E-state index in [1.54, 1.807) is 14.2 Å². The highest BCUT2D eigenvalue weighted by atomic mass is 16.5. The number of Topliss-reactive ketones (excluding diaryl/α,β-unsaturated/α-hetero) is 1. The number of ketones is 1. The van der Waals surface area contributed by atoms with E-state index in [9.17, 15) is 4.79 Å². The summed E-state index contributed by atoms with van der Waals surface area (Å²) in [4.78, 5) is 12.1. The van der Waals surface area contributed by atoms with Gasteiger partial charge in [-0.15, -0.1) is 0 Å². The predicted molar refractivity (Wildman–Crippen MR) is 70.1 cm³/mol. The molecule has 1 N–H and O–H groups in total. The number of rotatable bonds is 5. The molecule has 0 aliphatic heterocycles. The Balaban J connectivity index is 3.35. The van der Waals surface area contributed by atoms with E-state index in [0.29, 0.717) is 18.0 Å². The Bertz CT molecular complexity index is 411. The molecule has 0 spiro atoms. The van der Waals surface area contributed by atoms with Crippen molar-refractivity contribution in [3.8, 4) is 5.75 Å². The smallest absolute Gasteiger partial charge is 0.180 e. The first kappa shape index (κ1) is 13.7. The monoisotopic (exact) mass is 235 g/mol. The van der Waals surface area contributed by atoms with Crippen LogP contribution in [0.5, 0.6) is 5.75 Å². The fraction of sp³-hybridized carbons (Fsp3) is 0.500. The average Bonchev–Trinajstić information content (AvgIpc) is 2.28. The number of ether oxygens (including phenoxy) is 1. The molecule has 0 aliphatic rings. The van der Waals surface area contributed by atoms with E-state index in [1.165, 1.54) is 0 Å². The van der Waals surface area contributed by atoms with Gasteiger partial charge in [0, 0.05) is 0 Å². The first-order valence-electron chi connectivity index (χ1n) is 5.88. The maximum atomic E-state index is 12.1. The molecule has 0 aliphatic carbocycles. The second-order valence-corrected chi connectivity index (χ2v) is 4.49. The minimum atomic E-state index is 0.0735. The normalized spacial score (nSPS) is 10.7. The van der Waals surface area contributed by atoms with Gasteiger partial charge in [0.15, 0.2) is 5.78 Å². The quantitative estimate of drug-likeness (QED) is 0.797. The number of benzene rings is 1. The Kier molecular flexibility index (Phi) is 4.70. The summed E-state index contributed by atoms with van der Waals surface area (Å²) in [6.07, 6.45) is 0. The molecular formula is C14H21NO2. The third kappa shape index (κ3) is 2.86. The van der Waals surface area contributed by atoms with Crippen LogP contribution in [-0.4, -0.2) is 26.5 Å². The molecule has 17 heavy (non-hydrogen) atoms. The summed E-state index contributed by atoms with van der Waals surface area (Å²) < 4.78 is 5.44. The topological polar surface area (TPSA) is 38.3 Å². The zero-order chi connectivity index (χ0) is 13.0. The summed E-state index contributed by atoms with van der Waals surface area (Å²) in [5, 5.41) is 2.89. The van der Waals surface area contributed by atoms with E-state index in [-0.39, 0.29) is 5.78 Å². The van der Waals surface area contributed by atoms with Gasteiger partial charge in [0.1, 0.15) is 5.75 Å². The highest BCUT2D eigenvalue weighted by Crippen LogP contribution is 2.32. The Morgan fingerprint density at radius 3 is 2.53 bits per heavy atom. The zero-order valence-corrected chi connectivity index (χ0v) is 11.3. The number of carbonyl (C=O) groups excluding carboxylic acids is 1. The Morgan fingerprint density at radius 1 is 1.41 bits per heavy atom. The maximum Gasteiger partial charge on any atom is 0.180 e. The van der Waals surface area contributed by atoms with Crippen molar-refractivity contribution in [2.45, 2.75) is 26.7 Å². The number of methoxy groups -OCH3 is 1. The predicted octanol–water partition coefficient (Wildman–Crippen LogP) is 2.53. The van der Waals surface area contributed by atoms with Crippen LogP contribution in [0.3, 0.4) is 0 Å². The summed E-state index contributed by atoms with van der Waals surface area (Å²) in [5.41, 5.74) is 2.75. The van der Waals surface area contributed by atoms with E-state index < -0.39 is 0 Å². The summed E-state index contributed by atoms with van der Waals surface area (Å²) in [5.74, 6) is 1.14. The standard InChI is InChI=1S/C14H21NO2/c1-9(2)11-7-6-10(3)13(14(11)17-5)12(16)8-15-4/h6-7,9,15H,8H2,1-5H3. The van der Waals surface area contributed by atoms with Crippen molar-refractivity contribution in [2.75, 3.05) is 20.7 Å². The molecule has 0 fully saturated rings. The molecule has 1 rings (SSSR count). The average molecular weight is 235 g/mol. The van der Waals surface area contributed by atoms with Crippen molar-refractivity contribution in [3.63, 3.8) is 0 Å². The Morgan fingerprint density at radius 2 is 2.06 bits per heavy atom. The molecule has 0 amide bonds. The van der Waals surface area contributed by atoms with Gasteiger partial charge in [-0.2, -0.15) is 0 Å². The molecule has 94 valence electrons. The van der Waals surface area contributed by atoms with Crippen LogP contribution in [0.2, 0.25) is 0 Å². The van der Waals surface area contributed by atoms with E-state index in [4.69, 9.17) is 4.74 Å². The lowest BCUT2D eigenvalue weighted by atomic mass is 9.94. The van der Waals surface area contributed by atoms with Crippen LogP contribution < -0.4 is 10.1 Å². The van der Waals surface area contributed by atoms with Gasteiger partial charge in [-0.25, -0.2) is 0 Å². The van der Waals surface area contributed by atoms with Crippen LogP contribution in [0.1, 0.15) is 41.3 Å². The minimum absolute atomic E-state index is 0.0735. The summed E-state index contributed by atoms with van der Waals surface area (Å²) in [6, 6.07) is 4.02. The Hall–Kier alpha value is -1.35. The van der Waals surface area contributed by atoms with Crippen LogP contribution >= 0.6 is 0 Å². The second kappa shape index (κ2) is 5.82. The van der Waals surface area contributed by atoms with Crippen LogP contribution in [0.4, 0.5) is 0 Å². The molecule has 0 bridgehead atoms. The highest BCUT2D eigenvalue weighted by molar-refractivity contribution is 6.01. The SMILES string of the molecule is CNCC(=O)c1c(C)ccc(C(C)C)c1OC. The van der Waals surface area contributed by atoms with E-state index >= 15 is 0 Å². The number of carbonyl (C=O) groups is 1. The maximum absolute atomic E-state index is 12.1. The molecule has 0 aromatic heterocycles. The number of likely N-dealkylation sites (N-methyl/N-ethyl adjacent to an activating group) is 1. The lowest BCUT2D eigenvalue weighted by Gasteiger charge is -2.17. The van der Waals surface area contributed by atoms with Gasteiger partial charge in [-0.05, 0) is 31.0 Å². The third-order valence-electron chi connectivity index (χ3n) is 2.84. The van der Waals surface area contributed by atoms with Gasteiger partial charge in [0.05, 0.1) is 19.2 Å². The van der Waals surface area contributed by atoms with Crippen molar-refractivity contribution in [2.24, 2.45) is 0 Å². The van der Waals surface area contributed by atoms with Crippen LogP contribution in [0.25, 0.3) is 0 Å². The first-order valence-corrected chi connectivity index (χ1v) is 5.88. The number of nitrogens with one attached hydrogen (secondary N) is 1. The Labute approximate surface area is 103 Å². The second-order valence-electron chi connectivity index (χ2n) is 4.49. The number of aryl methyl sites for hydroxylation is 1. The molecule has 3 heteroatoms. The van der Waals surface area contributed by atoms with Crippen molar-refractivity contribution in [3.05, 3.63) is 28.8 Å². The van der Waals surface area contributed by atoms with Crippen molar-refractivity contribution >= 4 is 5.78 Å². The molecule has 1 aromatic carbocycles. The molecule has 0 atom stereocenters. The van der Waals surface area contributed by atoms with Gasteiger partial charge in [0.25, 0.3) is 0 Å². The molecule has 0 radical (unpaired) electrons. The molecule has 1 aromatic rings. The van der Waals surface area contributed by atoms with E-state index in [1.807, 2.05) is 19.1 Å². The fourth-order valence-corrected chi connectivity index (χ4v) is 1.97. The minimum Gasteiger partial charge on any atom is -0.496 e.